The van der Waals surface area contributed by atoms with Crippen LogP contribution in [0.15, 0.2) is 12.3 Å². The first kappa shape index (κ1) is 28.1. The van der Waals surface area contributed by atoms with Crippen LogP contribution in [-0.2, 0) is 33.7 Å². The number of nitrogens with one attached hydrogen (secondary N) is 1. The maximum atomic E-state index is 15.3. The number of amides is 3. The third kappa shape index (κ3) is 6.21. The summed E-state index contributed by atoms with van der Waals surface area (Å²) in [6, 6.07) is 3.07. The number of fused-ring (bicyclic) bond motifs is 1. The molecule has 0 spiro atoms. The molecule has 4 rings (SSSR count). The van der Waals surface area contributed by atoms with Crippen molar-refractivity contribution in [3.63, 3.8) is 0 Å². The van der Waals surface area contributed by atoms with E-state index in [9.17, 15) is 19.6 Å². The molecule has 0 aromatic carbocycles. The van der Waals surface area contributed by atoms with Gasteiger partial charge in [0.15, 0.2) is 17.9 Å². The zero-order valence-corrected chi connectivity index (χ0v) is 22.0. The largest absolute Gasteiger partial charge is 0.385 e. The fraction of sp³-hybridized carbons (Fsp3) is 0.481. The number of likely N-dealkylation sites (N-methyl/N-ethyl adjacent to an activating group) is 1. The molecule has 4 heterocycles. The second-order valence-corrected chi connectivity index (χ2v) is 9.54. The number of hydrogen-bond donors (Lipinski definition) is 1. The summed E-state index contributed by atoms with van der Waals surface area (Å²) in [4.78, 5) is 49.1. The first-order chi connectivity index (χ1) is 18.9. The monoisotopic (exact) mass is 538 g/mol. The van der Waals surface area contributed by atoms with E-state index >= 15 is 4.39 Å². The number of pyridine rings is 2. The maximum Gasteiger partial charge on any atom is 0.328 e. The number of hydrogen-bond acceptors (Lipinski definition) is 8. The number of aryl methyl sites for hydroxylation is 1. The number of carbonyl (C=O) groups excluding carboxylic acids is 3. The smallest absolute Gasteiger partial charge is 0.328 e. The first-order valence-electron chi connectivity index (χ1n) is 12.9. The zero-order valence-electron chi connectivity index (χ0n) is 22.0. The molecule has 0 aliphatic carbocycles. The molecule has 2 aliphatic rings. The van der Waals surface area contributed by atoms with Crippen molar-refractivity contribution in [1.82, 2.24) is 14.9 Å². The van der Waals surface area contributed by atoms with Crippen molar-refractivity contribution >= 4 is 29.9 Å². The number of carbonyl (C=O) groups is 3. The number of methoxy groups -OCH3 is 1. The number of nitrogens with zero attached hydrogens (tertiary/aromatic N) is 5. The Morgan fingerprint density at radius 1 is 1.41 bits per heavy atom. The normalized spacial score (nSPS) is 16.4. The fourth-order valence-corrected chi connectivity index (χ4v) is 4.85. The summed E-state index contributed by atoms with van der Waals surface area (Å²) in [6.07, 6.45) is 4.83. The Balaban J connectivity index is 1.55. The van der Waals surface area contributed by atoms with Gasteiger partial charge in [-0.05, 0) is 50.2 Å². The van der Waals surface area contributed by atoms with Gasteiger partial charge in [-0.2, -0.15) is 5.26 Å². The van der Waals surface area contributed by atoms with E-state index in [0.29, 0.717) is 63.1 Å². The van der Waals surface area contributed by atoms with Gasteiger partial charge in [-0.25, -0.2) is 19.2 Å². The summed E-state index contributed by atoms with van der Waals surface area (Å²) in [5.74, 6) is -0.916. The average Bonchev–Trinajstić information content (AvgIpc) is 3.49. The van der Waals surface area contributed by atoms with Gasteiger partial charge in [-0.1, -0.05) is 0 Å². The molecule has 0 saturated carbocycles. The Bertz CT molecular complexity index is 1290. The third-order valence-corrected chi connectivity index (χ3v) is 6.86. The molecule has 12 heteroatoms. The standard InChI is InChI=1S/C27H31FN6O5/c1-33(26(36)22-8-5-11-39-22)15-18-12-17-6-3-9-34(25(17)31-21(18)16-35)27(37)32-24-23(28)20(7-4-10-38-2)19(13-29)14-30-24/h12,14,16,22H,3-11,15H2,1-2H3,(H,30,32,37)/t22-/m1/s1. The highest BCUT2D eigenvalue weighted by Gasteiger charge is 2.30. The molecule has 11 nitrogen and oxygen atoms in total. The lowest BCUT2D eigenvalue weighted by molar-refractivity contribution is -0.140. The van der Waals surface area contributed by atoms with Gasteiger partial charge in [0, 0.05) is 57.8 Å². The van der Waals surface area contributed by atoms with Crippen LogP contribution in [0.3, 0.4) is 0 Å². The minimum atomic E-state index is -0.772. The molecule has 2 aliphatic heterocycles. The lowest BCUT2D eigenvalue weighted by Gasteiger charge is -2.30. The van der Waals surface area contributed by atoms with E-state index in [1.54, 1.807) is 13.1 Å². The van der Waals surface area contributed by atoms with Crippen LogP contribution in [0.2, 0.25) is 0 Å². The number of rotatable bonds is 9. The Labute approximate surface area is 225 Å². The molecule has 1 fully saturated rings. The van der Waals surface area contributed by atoms with Crippen molar-refractivity contribution in [2.75, 3.05) is 44.1 Å². The summed E-state index contributed by atoms with van der Waals surface area (Å²) in [5.41, 5.74) is 1.68. The number of anilines is 2. The van der Waals surface area contributed by atoms with Gasteiger partial charge >= 0.3 is 6.03 Å². The molecule has 1 N–H and O–H groups in total. The van der Waals surface area contributed by atoms with E-state index in [1.807, 2.05) is 6.07 Å². The van der Waals surface area contributed by atoms with Crippen LogP contribution in [0.25, 0.3) is 0 Å². The van der Waals surface area contributed by atoms with Crippen molar-refractivity contribution in [2.24, 2.45) is 0 Å². The van der Waals surface area contributed by atoms with Crippen LogP contribution in [0.1, 0.15) is 58.4 Å². The highest BCUT2D eigenvalue weighted by molar-refractivity contribution is 6.01. The summed E-state index contributed by atoms with van der Waals surface area (Å²) in [6.45, 7) is 1.42. The lowest BCUT2D eigenvalue weighted by Crippen LogP contribution is -2.40. The van der Waals surface area contributed by atoms with Crippen molar-refractivity contribution in [2.45, 2.75) is 51.2 Å². The van der Waals surface area contributed by atoms with Gasteiger partial charge in [0.1, 0.15) is 23.7 Å². The summed E-state index contributed by atoms with van der Waals surface area (Å²) in [7, 11) is 3.19. The minimum Gasteiger partial charge on any atom is -0.385 e. The predicted octanol–water partition coefficient (Wildman–Crippen LogP) is 3.00. The summed E-state index contributed by atoms with van der Waals surface area (Å²) >= 11 is 0. The molecular formula is C27H31FN6O5. The maximum absolute atomic E-state index is 15.3. The zero-order chi connectivity index (χ0) is 27.9. The Morgan fingerprint density at radius 3 is 2.92 bits per heavy atom. The topological polar surface area (TPSA) is 138 Å². The second-order valence-electron chi connectivity index (χ2n) is 9.54. The van der Waals surface area contributed by atoms with Gasteiger partial charge in [0.05, 0.1) is 5.56 Å². The van der Waals surface area contributed by atoms with E-state index in [2.05, 4.69) is 15.3 Å². The van der Waals surface area contributed by atoms with Crippen molar-refractivity contribution in [3.8, 4) is 6.07 Å². The van der Waals surface area contributed by atoms with E-state index in [-0.39, 0.29) is 41.5 Å². The molecule has 3 amide bonds. The Kier molecular flexibility index (Phi) is 9.16. The first-order valence-corrected chi connectivity index (χ1v) is 12.9. The number of aromatic nitrogens is 2. The molecule has 0 radical (unpaired) electrons. The quantitative estimate of drug-likeness (QED) is 0.380. The molecule has 1 saturated heterocycles. The molecule has 0 unspecified atom stereocenters. The van der Waals surface area contributed by atoms with Crippen molar-refractivity contribution in [1.29, 1.82) is 5.26 Å². The van der Waals surface area contributed by atoms with Crippen LogP contribution in [-0.4, -0.2) is 73.1 Å². The van der Waals surface area contributed by atoms with Crippen LogP contribution in [0, 0.1) is 17.1 Å². The lowest BCUT2D eigenvalue weighted by atomic mass is 10.0. The average molecular weight is 539 g/mol. The summed E-state index contributed by atoms with van der Waals surface area (Å²) in [5, 5.41) is 11.8. The Hall–Kier alpha value is -3.95. The molecule has 39 heavy (non-hydrogen) atoms. The van der Waals surface area contributed by atoms with Gasteiger partial charge in [0.25, 0.3) is 5.91 Å². The molecule has 2 aromatic rings. The van der Waals surface area contributed by atoms with Crippen LogP contribution < -0.4 is 10.2 Å². The molecule has 2 aromatic heterocycles. The highest BCUT2D eigenvalue weighted by atomic mass is 19.1. The van der Waals surface area contributed by atoms with Gasteiger partial charge < -0.3 is 14.4 Å². The summed E-state index contributed by atoms with van der Waals surface area (Å²) < 4.78 is 25.7. The van der Waals surface area contributed by atoms with Gasteiger partial charge in [-0.15, -0.1) is 0 Å². The molecule has 1 atom stereocenters. The molecule has 0 bridgehead atoms. The van der Waals surface area contributed by atoms with Crippen LogP contribution >= 0.6 is 0 Å². The van der Waals surface area contributed by atoms with Gasteiger partial charge in [0.2, 0.25) is 0 Å². The third-order valence-electron chi connectivity index (χ3n) is 6.86. The number of aldehydes is 1. The number of urea groups is 1. The highest BCUT2D eigenvalue weighted by Crippen LogP contribution is 2.29. The van der Waals surface area contributed by atoms with E-state index < -0.39 is 18.0 Å². The minimum absolute atomic E-state index is 0.0951. The van der Waals surface area contributed by atoms with E-state index in [1.165, 1.54) is 23.1 Å². The molecular weight excluding hydrogens is 507 g/mol. The fourth-order valence-electron chi connectivity index (χ4n) is 4.85. The Morgan fingerprint density at radius 2 is 2.23 bits per heavy atom. The van der Waals surface area contributed by atoms with Crippen molar-refractivity contribution < 1.29 is 28.2 Å². The van der Waals surface area contributed by atoms with Crippen LogP contribution in [0.4, 0.5) is 20.8 Å². The van der Waals surface area contributed by atoms with E-state index in [4.69, 9.17) is 9.47 Å². The van der Waals surface area contributed by atoms with Crippen LogP contribution in [0.5, 0.6) is 0 Å². The molecule has 206 valence electrons. The number of nitriles is 1. The number of halogens is 1. The van der Waals surface area contributed by atoms with Crippen molar-refractivity contribution in [3.05, 3.63) is 46.0 Å². The van der Waals surface area contributed by atoms with E-state index in [0.717, 1.165) is 12.0 Å². The van der Waals surface area contributed by atoms with Gasteiger partial charge in [-0.3, -0.25) is 19.8 Å². The number of ether oxygens (including phenoxy) is 2. The predicted molar refractivity (Wildman–Crippen MR) is 139 cm³/mol. The second kappa shape index (κ2) is 12.7. The SMILES string of the molecule is COCCCc1c(C#N)cnc(NC(=O)N2CCCc3cc(CN(C)C(=O)[C@H]4CCCO4)c(C=O)nc32)c1F.